The summed E-state index contributed by atoms with van der Waals surface area (Å²) in [7, 11) is 1.76. The molecule has 2 nitrogen and oxygen atoms in total. The quantitative estimate of drug-likeness (QED) is 0.791. The zero-order valence-electron chi connectivity index (χ0n) is 10.1. The lowest BCUT2D eigenvalue weighted by atomic mass is 9.80. The molecule has 5 heteroatoms. The first-order valence-corrected chi connectivity index (χ1v) is 7.70. The summed E-state index contributed by atoms with van der Waals surface area (Å²) in [5, 5.41) is -0.635. The summed E-state index contributed by atoms with van der Waals surface area (Å²) in [4.78, 5) is 0. The van der Waals surface area contributed by atoms with Gasteiger partial charge >= 0.3 is 0 Å². The van der Waals surface area contributed by atoms with Gasteiger partial charge in [0.2, 0.25) is 9.05 Å². The normalized spacial score (nSPS) is 14.6. The number of benzene rings is 1. The van der Waals surface area contributed by atoms with Crippen molar-refractivity contribution in [3.05, 3.63) is 35.6 Å². The van der Waals surface area contributed by atoms with E-state index in [1.165, 1.54) is 12.1 Å². The zero-order chi connectivity index (χ0) is 13.3. The summed E-state index contributed by atoms with van der Waals surface area (Å²) in [5.74, 6) is -0.303. The SMILES string of the molecule is CC(CC(C)(C)c1ccc(F)cc1)S(=O)(=O)Cl. The highest BCUT2D eigenvalue weighted by molar-refractivity contribution is 8.14. The standard InChI is InChI=1S/C12H16ClFO2S/c1-9(17(13,15)16)8-12(2,3)10-4-6-11(14)7-5-10/h4-7,9H,8H2,1-3H3. The molecule has 0 N–H and O–H groups in total. The van der Waals surface area contributed by atoms with Gasteiger partial charge in [0, 0.05) is 10.7 Å². The van der Waals surface area contributed by atoms with Crippen LogP contribution in [0.15, 0.2) is 24.3 Å². The Balaban J connectivity index is 2.92. The fourth-order valence-corrected chi connectivity index (χ4v) is 2.64. The Morgan fingerprint density at radius 1 is 1.29 bits per heavy atom. The molecule has 0 aromatic heterocycles. The Bertz CT molecular complexity index is 480. The second kappa shape index (κ2) is 4.94. The lowest BCUT2D eigenvalue weighted by Gasteiger charge is -2.27. The van der Waals surface area contributed by atoms with E-state index in [1.54, 1.807) is 19.1 Å². The van der Waals surface area contributed by atoms with Crippen LogP contribution in [0.4, 0.5) is 4.39 Å². The number of halogens is 2. The first-order chi connectivity index (χ1) is 7.63. The van der Waals surface area contributed by atoms with E-state index in [1.807, 2.05) is 13.8 Å². The Labute approximate surface area is 106 Å². The Morgan fingerprint density at radius 2 is 1.76 bits per heavy atom. The number of hydrogen-bond donors (Lipinski definition) is 0. The molecule has 0 fully saturated rings. The van der Waals surface area contributed by atoms with Crippen LogP contribution in [0.5, 0.6) is 0 Å². The van der Waals surface area contributed by atoms with Gasteiger partial charge in [-0.3, -0.25) is 0 Å². The molecule has 1 aromatic carbocycles. The molecule has 0 heterocycles. The van der Waals surface area contributed by atoms with Gasteiger partial charge in [-0.15, -0.1) is 0 Å². The van der Waals surface area contributed by atoms with Crippen LogP contribution in [0.1, 0.15) is 32.8 Å². The van der Waals surface area contributed by atoms with Gasteiger partial charge in [-0.05, 0) is 36.5 Å². The second-order valence-electron chi connectivity index (χ2n) is 4.88. The lowest BCUT2D eigenvalue weighted by Crippen LogP contribution is -2.26. The highest BCUT2D eigenvalue weighted by Crippen LogP contribution is 2.31. The van der Waals surface area contributed by atoms with Gasteiger partial charge in [0.05, 0.1) is 5.25 Å². The van der Waals surface area contributed by atoms with Gasteiger partial charge < -0.3 is 0 Å². The molecule has 0 aliphatic carbocycles. The molecule has 0 spiro atoms. The van der Waals surface area contributed by atoms with Gasteiger partial charge in [0.25, 0.3) is 0 Å². The van der Waals surface area contributed by atoms with Crippen molar-refractivity contribution in [2.75, 3.05) is 0 Å². The fraction of sp³-hybridized carbons (Fsp3) is 0.500. The predicted molar refractivity (Wildman–Crippen MR) is 68.3 cm³/mol. The monoisotopic (exact) mass is 278 g/mol. The van der Waals surface area contributed by atoms with Crippen molar-refractivity contribution in [3.8, 4) is 0 Å². The molecule has 17 heavy (non-hydrogen) atoms. The number of hydrogen-bond acceptors (Lipinski definition) is 2. The maximum atomic E-state index is 12.8. The van der Waals surface area contributed by atoms with Crippen molar-refractivity contribution in [3.63, 3.8) is 0 Å². The van der Waals surface area contributed by atoms with Crippen LogP contribution in [-0.4, -0.2) is 13.7 Å². The number of rotatable bonds is 4. The van der Waals surface area contributed by atoms with Crippen molar-refractivity contribution >= 4 is 19.7 Å². The van der Waals surface area contributed by atoms with Gasteiger partial charge in [-0.1, -0.05) is 26.0 Å². The van der Waals surface area contributed by atoms with Crippen LogP contribution >= 0.6 is 10.7 Å². The maximum Gasteiger partial charge on any atom is 0.235 e. The average Bonchev–Trinajstić information content (AvgIpc) is 2.16. The third-order valence-corrected chi connectivity index (χ3v) is 4.94. The van der Waals surface area contributed by atoms with Crippen molar-refractivity contribution in [1.29, 1.82) is 0 Å². The molecular weight excluding hydrogens is 263 g/mol. The van der Waals surface area contributed by atoms with Gasteiger partial charge in [0.1, 0.15) is 5.82 Å². The highest BCUT2D eigenvalue weighted by atomic mass is 35.7. The Hall–Kier alpha value is -0.610. The summed E-state index contributed by atoms with van der Waals surface area (Å²) in [6.45, 7) is 5.41. The van der Waals surface area contributed by atoms with Gasteiger partial charge in [-0.25, -0.2) is 12.8 Å². The zero-order valence-corrected chi connectivity index (χ0v) is 11.6. The molecule has 0 amide bonds. The molecule has 0 aliphatic rings. The smallest absolute Gasteiger partial charge is 0.212 e. The minimum absolute atomic E-state index is 0.303. The first kappa shape index (κ1) is 14.5. The average molecular weight is 279 g/mol. The molecule has 0 aliphatic heterocycles. The third-order valence-electron chi connectivity index (χ3n) is 2.90. The molecule has 1 aromatic rings. The summed E-state index contributed by atoms with van der Waals surface area (Å²) in [5.41, 5.74) is 0.529. The van der Waals surface area contributed by atoms with Gasteiger partial charge in [-0.2, -0.15) is 0 Å². The molecule has 0 saturated heterocycles. The minimum atomic E-state index is -3.55. The Morgan fingerprint density at radius 3 is 2.18 bits per heavy atom. The van der Waals surface area contributed by atoms with Crippen molar-refractivity contribution < 1.29 is 12.8 Å². The molecular formula is C12H16ClFO2S. The van der Waals surface area contributed by atoms with Gasteiger partial charge in [0.15, 0.2) is 0 Å². The van der Waals surface area contributed by atoms with E-state index in [2.05, 4.69) is 0 Å². The molecule has 1 atom stereocenters. The van der Waals surface area contributed by atoms with Crippen LogP contribution < -0.4 is 0 Å². The van der Waals surface area contributed by atoms with Crippen LogP contribution in [-0.2, 0) is 14.5 Å². The molecule has 1 rings (SSSR count). The topological polar surface area (TPSA) is 34.1 Å². The van der Waals surface area contributed by atoms with E-state index in [0.29, 0.717) is 6.42 Å². The Kier molecular flexibility index (Phi) is 4.20. The first-order valence-electron chi connectivity index (χ1n) is 5.32. The molecule has 96 valence electrons. The van der Waals surface area contributed by atoms with E-state index >= 15 is 0 Å². The van der Waals surface area contributed by atoms with Crippen LogP contribution in [0.25, 0.3) is 0 Å². The predicted octanol–water partition coefficient (Wildman–Crippen LogP) is 3.45. The fourth-order valence-electron chi connectivity index (χ4n) is 1.84. The van der Waals surface area contributed by atoms with E-state index in [9.17, 15) is 12.8 Å². The van der Waals surface area contributed by atoms with E-state index in [0.717, 1.165) is 5.56 Å². The third kappa shape index (κ3) is 3.96. The minimum Gasteiger partial charge on any atom is -0.212 e. The summed E-state index contributed by atoms with van der Waals surface area (Å²) in [6, 6.07) is 6.08. The highest BCUT2D eigenvalue weighted by Gasteiger charge is 2.28. The van der Waals surface area contributed by atoms with E-state index in [4.69, 9.17) is 10.7 Å². The summed E-state index contributed by atoms with van der Waals surface area (Å²) < 4.78 is 35.2. The van der Waals surface area contributed by atoms with Crippen molar-refractivity contribution in [2.45, 2.75) is 37.9 Å². The largest absolute Gasteiger partial charge is 0.235 e. The second-order valence-corrected chi connectivity index (χ2v) is 7.93. The van der Waals surface area contributed by atoms with E-state index < -0.39 is 14.3 Å². The molecule has 0 radical (unpaired) electrons. The molecule has 0 saturated carbocycles. The van der Waals surface area contributed by atoms with Crippen LogP contribution in [0.2, 0.25) is 0 Å². The lowest BCUT2D eigenvalue weighted by molar-refractivity contribution is 0.466. The summed E-state index contributed by atoms with van der Waals surface area (Å²) >= 11 is 0. The maximum absolute atomic E-state index is 12.8. The van der Waals surface area contributed by atoms with Crippen molar-refractivity contribution in [2.24, 2.45) is 0 Å². The van der Waals surface area contributed by atoms with Crippen LogP contribution in [0.3, 0.4) is 0 Å². The molecule has 1 unspecified atom stereocenters. The van der Waals surface area contributed by atoms with Crippen molar-refractivity contribution in [1.82, 2.24) is 0 Å². The van der Waals surface area contributed by atoms with E-state index in [-0.39, 0.29) is 11.2 Å². The molecule has 0 bridgehead atoms. The van der Waals surface area contributed by atoms with Crippen LogP contribution in [0, 0.1) is 5.82 Å². The summed E-state index contributed by atoms with van der Waals surface area (Å²) in [6.07, 6.45) is 0.393.